The molecule has 0 bridgehead atoms. The van der Waals surface area contributed by atoms with Crippen LogP contribution < -0.4 is 4.90 Å². The summed E-state index contributed by atoms with van der Waals surface area (Å²) in [6.07, 6.45) is 0.866. The average molecular weight is 389 g/mol. The van der Waals surface area contributed by atoms with Crippen molar-refractivity contribution in [1.29, 1.82) is 0 Å². The van der Waals surface area contributed by atoms with Crippen molar-refractivity contribution in [1.82, 2.24) is 9.78 Å². The zero-order chi connectivity index (χ0) is 17.0. The SMILES string of the molecule is Cc1nn(C)cc1C1=NO[C@@H]2C(=O)N(c3cccc(Br)c3)C(=O)[C@@H]12. The fraction of sp³-hybridized carbons (Fsp3) is 0.250. The van der Waals surface area contributed by atoms with Crippen LogP contribution in [0.5, 0.6) is 0 Å². The first-order valence-electron chi connectivity index (χ1n) is 7.35. The second-order valence-electron chi connectivity index (χ2n) is 5.77. The van der Waals surface area contributed by atoms with E-state index >= 15 is 0 Å². The molecule has 122 valence electrons. The lowest BCUT2D eigenvalue weighted by atomic mass is 9.94. The maximum atomic E-state index is 12.9. The van der Waals surface area contributed by atoms with Crippen molar-refractivity contribution in [2.45, 2.75) is 13.0 Å². The van der Waals surface area contributed by atoms with Crippen LogP contribution in [-0.4, -0.2) is 33.4 Å². The molecular weight excluding hydrogens is 376 g/mol. The van der Waals surface area contributed by atoms with Gasteiger partial charge in [0.15, 0.2) is 0 Å². The number of carbonyl (C=O) groups is 2. The number of anilines is 1. The van der Waals surface area contributed by atoms with E-state index in [2.05, 4.69) is 26.2 Å². The zero-order valence-corrected chi connectivity index (χ0v) is 14.5. The summed E-state index contributed by atoms with van der Waals surface area (Å²) in [5, 5.41) is 8.26. The Morgan fingerprint density at radius 1 is 1.25 bits per heavy atom. The monoisotopic (exact) mass is 388 g/mol. The standard InChI is InChI=1S/C16H13BrN4O3/c1-8-11(7-20(2)18-8)13-12-14(24-19-13)16(23)21(15(12)22)10-5-3-4-9(17)6-10/h3-7,12,14H,1-2H3/t12-,14-/m0/s1. The van der Waals surface area contributed by atoms with Crippen LogP contribution in [0.4, 0.5) is 5.69 Å². The fourth-order valence-corrected chi connectivity index (χ4v) is 3.51. The first kappa shape index (κ1) is 15.1. The van der Waals surface area contributed by atoms with Crippen molar-refractivity contribution in [3.63, 3.8) is 0 Å². The lowest BCUT2D eigenvalue weighted by Gasteiger charge is -2.15. The number of oxime groups is 1. The van der Waals surface area contributed by atoms with Gasteiger partial charge in [0.25, 0.3) is 5.91 Å². The molecule has 0 aliphatic carbocycles. The predicted octanol–water partition coefficient (Wildman–Crippen LogP) is 1.78. The van der Waals surface area contributed by atoms with Gasteiger partial charge in [-0.1, -0.05) is 27.2 Å². The van der Waals surface area contributed by atoms with Gasteiger partial charge in [0, 0.05) is 23.3 Å². The van der Waals surface area contributed by atoms with Crippen LogP contribution in [0.15, 0.2) is 40.1 Å². The van der Waals surface area contributed by atoms with Crippen molar-refractivity contribution in [3.05, 3.63) is 46.2 Å². The van der Waals surface area contributed by atoms with Crippen molar-refractivity contribution in [2.75, 3.05) is 4.90 Å². The number of nitrogens with zero attached hydrogens (tertiary/aromatic N) is 4. The lowest BCUT2D eigenvalue weighted by Crippen LogP contribution is -2.33. The normalized spacial score (nSPS) is 22.6. The molecular formula is C16H13BrN4O3. The lowest BCUT2D eigenvalue weighted by molar-refractivity contribution is -0.126. The molecule has 0 saturated carbocycles. The van der Waals surface area contributed by atoms with Crippen LogP contribution in [-0.2, 0) is 21.5 Å². The highest BCUT2D eigenvalue weighted by Gasteiger charge is 2.56. The van der Waals surface area contributed by atoms with Gasteiger partial charge in [-0.25, -0.2) is 4.90 Å². The van der Waals surface area contributed by atoms with Crippen molar-refractivity contribution in [2.24, 2.45) is 18.1 Å². The smallest absolute Gasteiger partial charge is 0.278 e. The van der Waals surface area contributed by atoms with Crippen LogP contribution in [0, 0.1) is 12.8 Å². The summed E-state index contributed by atoms with van der Waals surface area (Å²) in [4.78, 5) is 32.0. The second-order valence-corrected chi connectivity index (χ2v) is 6.69. The van der Waals surface area contributed by atoms with Crippen LogP contribution in [0.25, 0.3) is 0 Å². The highest BCUT2D eigenvalue weighted by atomic mass is 79.9. The third-order valence-electron chi connectivity index (χ3n) is 4.17. The summed E-state index contributed by atoms with van der Waals surface area (Å²) >= 11 is 3.36. The molecule has 3 heterocycles. The summed E-state index contributed by atoms with van der Waals surface area (Å²) in [6.45, 7) is 1.83. The average Bonchev–Trinajstić information content (AvgIpc) is 3.16. The van der Waals surface area contributed by atoms with Gasteiger partial charge in [-0.05, 0) is 25.1 Å². The Hall–Kier alpha value is -2.48. The van der Waals surface area contributed by atoms with Gasteiger partial charge in [-0.15, -0.1) is 0 Å². The second kappa shape index (κ2) is 5.27. The molecule has 0 radical (unpaired) electrons. The van der Waals surface area contributed by atoms with Gasteiger partial charge in [0.05, 0.1) is 11.4 Å². The molecule has 0 spiro atoms. The highest BCUT2D eigenvalue weighted by Crippen LogP contribution is 2.36. The van der Waals surface area contributed by atoms with E-state index in [-0.39, 0.29) is 5.91 Å². The number of aromatic nitrogens is 2. The molecule has 1 fully saturated rings. The molecule has 2 amide bonds. The number of rotatable bonds is 2. The Labute approximate surface area is 146 Å². The molecule has 1 saturated heterocycles. The van der Waals surface area contributed by atoms with E-state index in [1.54, 1.807) is 36.1 Å². The van der Waals surface area contributed by atoms with E-state index in [0.717, 1.165) is 15.7 Å². The van der Waals surface area contributed by atoms with Gasteiger partial charge in [0.1, 0.15) is 11.6 Å². The van der Waals surface area contributed by atoms with Crippen molar-refractivity contribution < 1.29 is 14.4 Å². The van der Waals surface area contributed by atoms with Crippen LogP contribution >= 0.6 is 15.9 Å². The molecule has 2 atom stereocenters. The van der Waals surface area contributed by atoms with E-state index in [1.807, 2.05) is 13.0 Å². The number of imide groups is 1. The Balaban J connectivity index is 1.74. The van der Waals surface area contributed by atoms with Gasteiger partial charge < -0.3 is 4.84 Å². The van der Waals surface area contributed by atoms with Crippen LogP contribution in [0.2, 0.25) is 0 Å². The number of amides is 2. The zero-order valence-electron chi connectivity index (χ0n) is 12.9. The maximum absolute atomic E-state index is 12.9. The summed E-state index contributed by atoms with van der Waals surface area (Å²) < 4.78 is 2.43. The number of halogens is 1. The first-order chi connectivity index (χ1) is 11.5. The number of fused-ring (bicyclic) bond motifs is 1. The van der Waals surface area contributed by atoms with Gasteiger partial charge in [-0.2, -0.15) is 5.10 Å². The number of carbonyl (C=O) groups excluding carboxylic acids is 2. The minimum Gasteiger partial charge on any atom is -0.381 e. The van der Waals surface area contributed by atoms with E-state index in [4.69, 9.17) is 4.84 Å². The summed E-state index contributed by atoms with van der Waals surface area (Å²) in [5.74, 6) is -1.47. The number of aryl methyl sites for hydroxylation is 2. The third-order valence-corrected chi connectivity index (χ3v) is 4.66. The predicted molar refractivity (Wildman–Crippen MR) is 89.5 cm³/mol. The first-order valence-corrected chi connectivity index (χ1v) is 8.14. The number of hydrogen-bond acceptors (Lipinski definition) is 5. The topological polar surface area (TPSA) is 76.8 Å². The van der Waals surface area contributed by atoms with Gasteiger partial charge in [0.2, 0.25) is 12.0 Å². The Morgan fingerprint density at radius 3 is 2.71 bits per heavy atom. The molecule has 2 aromatic rings. The Bertz CT molecular complexity index is 904. The quantitative estimate of drug-likeness (QED) is 0.734. The summed E-state index contributed by atoms with van der Waals surface area (Å²) in [6, 6.07) is 7.05. The Morgan fingerprint density at radius 2 is 2.04 bits per heavy atom. The van der Waals surface area contributed by atoms with Crippen LogP contribution in [0.3, 0.4) is 0 Å². The molecule has 1 aromatic carbocycles. The number of hydrogen-bond donors (Lipinski definition) is 0. The van der Waals surface area contributed by atoms with Crippen molar-refractivity contribution in [3.8, 4) is 0 Å². The minimum absolute atomic E-state index is 0.331. The minimum atomic E-state index is -0.911. The molecule has 1 aromatic heterocycles. The summed E-state index contributed by atoms with van der Waals surface area (Å²) in [5.41, 5.74) is 2.44. The molecule has 7 nitrogen and oxygen atoms in total. The van der Waals surface area contributed by atoms with E-state index in [9.17, 15) is 9.59 Å². The number of benzene rings is 1. The van der Waals surface area contributed by atoms with Gasteiger partial charge in [-0.3, -0.25) is 14.3 Å². The molecule has 2 aliphatic heterocycles. The maximum Gasteiger partial charge on any atom is 0.278 e. The third kappa shape index (κ3) is 2.10. The summed E-state index contributed by atoms with van der Waals surface area (Å²) in [7, 11) is 1.79. The fourth-order valence-electron chi connectivity index (χ4n) is 3.12. The van der Waals surface area contributed by atoms with Crippen molar-refractivity contribution >= 4 is 39.1 Å². The molecule has 8 heteroatoms. The van der Waals surface area contributed by atoms with Gasteiger partial charge >= 0.3 is 0 Å². The molecule has 0 unspecified atom stereocenters. The molecule has 2 aliphatic rings. The Kier molecular flexibility index (Phi) is 3.31. The molecule has 24 heavy (non-hydrogen) atoms. The molecule has 4 rings (SSSR count). The largest absolute Gasteiger partial charge is 0.381 e. The highest BCUT2D eigenvalue weighted by molar-refractivity contribution is 9.10. The molecule has 0 N–H and O–H groups in total. The van der Waals surface area contributed by atoms with Crippen LogP contribution in [0.1, 0.15) is 11.3 Å². The van der Waals surface area contributed by atoms with E-state index < -0.39 is 17.9 Å². The van der Waals surface area contributed by atoms with E-state index in [0.29, 0.717) is 11.4 Å². The van der Waals surface area contributed by atoms with E-state index in [1.165, 1.54) is 4.90 Å².